The van der Waals surface area contributed by atoms with Crippen LogP contribution in [0, 0.1) is 0 Å². The Labute approximate surface area is 114 Å². The van der Waals surface area contributed by atoms with E-state index in [1.807, 2.05) is 13.2 Å². The Kier molecular flexibility index (Phi) is 4.36. The Hall–Kier alpha value is -0.650. The van der Waals surface area contributed by atoms with Crippen LogP contribution < -0.4 is 5.32 Å². The van der Waals surface area contributed by atoms with E-state index in [1.54, 1.807) is 11.3 Å². The van der Waals surface area contributed by atoms with Crippen molar-refractivity contribution in [2.75, 3.05) is 7.05 Å². The highest BCUT2D eigenvalue weighted by atomic mass is 79.9. The van der Waals surface area contributed by atoms with Crippen LogP contribution in [0.5, 0.6) is 0 Å². The van der Waals surface area contributed by atoms with Crippen LogP contribution in [0.3, 0.4) is 0 Å². The van der Waals surface area contributed by atoms with Gasteiger partial charge in [0.25, 0.3) is 0 Å². The third-order valence-electron chi connectivity index (χ3n) is 2.71. The number of thiophene rings is 1. The lowest BCUT2D eigenvalue weighted by Crippen LogP contribution is -2.21. The summed E-state index contributed by atoms with van der Waals surface area (Å²) >= 11 is 5.31. The van der Waals surface area contributed by atoms with Crippen molar-refractivity contribution in [3.05, 3.63) is 38.8 Å². The van der Waals surface area contributed by atoms with Crippen LogP contribution in [0.25, 0.3) is 0 Å². The average Bonchev–Trinajstić information content (AvgIpc) is 2.94. The number of hydrogen-bond acceptors (Lipinski definition) is 3. The molecule has 2 rings (SSSR count). The van der Waals surface area contributed by atoms with Crippen molar-refractivity contribution in [2.45, 2.75) is 25.9 Å². The molecule has 0 aliphatic heterocycles. The Balaban J connectivity index is 2.39. The van der Waals surface area contributed by atoms with Crippen LogP contribution in [-0.4, -0.2) is 16.8 Å². The van der Waals surface area contributed by atoms with E-state index in [1.165, 1.54) is 11.3 Å². The van der Waals surface area contributed by atoms with Crippen molar-refractivity contribution in [3.63, 3.8) is 0 Å². The molecule has 5 heteroatoms. The van der Waals surface area contributed by atoms with Gasteiger partial charge in [-0.1, -0.05) is 6.92 Å². The van der Waals surface area contributed by atoms with Crippen molar-refractivity contribution in [1.82, 2.24) is 15.1 Å². The molecule has 2 aromatic heterocycles. The van der Waals surface area contributed by atoms with Gasteiger partial charge in [-0.05, 0) is 51.8 Å². The molecule has 2 heterocycles. The third-order valence-corrected chi connectivity index (χ3v) is 4.02. The lowest BCUT2D eigenvalue weighted by molar-refractivity contribution is 0.534. The van der Waals surface area contributed by atoms with Crippen molar-refractivity contribution >= 4 is 27.3 Å². The van der Waals surface area contributed by atoms with Gasteiger partial charge in [0.2, 0.25) is 0 Å². The van der Waals surface area contributed by atoms with Gasteiger partial charge in [-0.15, -0.1) is 0 Å². The molecule has 0 saturated heterocycles. The second-order valence-electron chi connectivity index (χ2n) is 3.88. The molecule has 1 N–H and O–H groups in total. The zero-order valence-electron chi connectivity index (χ0n) is 9.98. The second-order valence-corrected chi connectivity index (χ2v) is 5.51. The second kappa shape index (κ2) is 5.80. The van der Waals surface area contributed by atoms with Gasteiger partial charge in [-0.3, -0.25) is 4.68 Å². The summed E-state index contributed by atoms with van der Waals surface area (Å²) < 4.78 is 3.14. The normalized spacial score (nSPS) is 12.9. The molecule has 0 fully saturated rings. The summed E-state index contributed by atoms with van der Waals surface area (Å²) in [6, 6.07) is 2.35. The molecular weight excluding hydrogens is 298 g/mol. The standard InChI is InChI=1S/C12H16BrN3S/c1-3-5-16-12(10(13)7-15-16)11(14-2)9-4-6-17-8-9/h4,6-8,11,14H,3,5H2,1-2H3. The predicted molar refractivity (Wildman–Crippen MR) is 75.4 cm³/mol. The summed E-state index contributed by atoms with van der Waals surface area (Å²) in [7, 11) is 1.98. The zero-order chi connectivity index (χ0) is 12.3. The molecule has 0 saturated carbocycles. The van der Waals surface area contributed by atoms with E-state index in [9.17, 15) is 0 Å². The van der Waals surface area contributed by atoms with Gasteiger partial charge >= 0.3 is 0 Å². The van der Waals surface area contributed by atoms with Crippen LogP contribution in [0.1, 0.15) is 30.6 Å². The fourth-order valence-corrected chi connectivity index (χ4v) is 3.16. The molecule has 1 atom stereocenters. The number of hydrogen-bond donors (Lipinski definition) is 1. The molecule has 0 aliphatic carbocycles. The van der Waals surface area contributed by atoms with Gasteiger partial charge < -0.3 is 5.32 Å². The molecule has 92 valence electrons. The van der Waals surface area contributed by atoms with Crippen LogP contribution >= 0.6 is 27.3 Å². The molecule has 0 aromatic carbocycles. The monoisotopic (exact) mass is 313 g/mol. The third kappa shape index (κ3) is 2.61. The maximum absolute atomic E-state index is 4.42. The number of nitrogens with zero attached hydrogens (tertiary/aromatic N) is 2. The Morgan fingerprint density at radius 3 is 3.00 bits per heavy atom. The van der Waals surface area contributed by atoms with Gasteiger partial charge in [-0.25, -0.2) is 0 Å². The van der Waals surface area contributed by atoms with Gasteiger partial charge in [0, 0.05) is 6.54 Å². The zero-order valence-corrected chi connectivity index (χ0v) is 12.4. The minimum absolute atomic E-state index is 0.199. The predicted octanol–water partition coefficient (Wildman–Crippen LogP) is 3.43. The largest absolute Gasteiger partial charge is 0.308 e. The van der Waals surface area contributed by atoms with Crippen molar-refractivity contribution in [3.8, 4) is 0 Å². The summed E-state index contributed by atoms with van der Waals surface area (Å²) in [4.78, 5) is 0. The van der Waals surface area contributed by atoms with E-state index < -0.39 is 0 Å². The van der Waals surface area contributed by atoms with E-state index in [0.717, 1.165) is 17.4 Å². The van der Waals surface area contributed by atoms with Gasteiger partial charge in [0.1, 0.15) is 0 Å². The van der Waals surface area contributed by atoms with Gasteiger partial charge in [0.05, 0.1) is 22.4 Å². The number of aryl methyl sites for hydroxylation is 1. The quantitative estimate of drug-likeness (QED) is 0.916. The summed E-state index contributed by atoms with van der Waals surface area (Å²) in [6.45, 7) is 3.11. The highest BCUT2D eigenvalue weighted by Crippen LogP contribution is 2.29. The smallest absolute Gasteiger partial charge is 0.0765 e. The lowest BCUT2D eigenvalue weighted by Gasteiger charge is -2.17. The number of aromatic nitrogens is 2. The number of nitrogens with one attached hydrogen (secondary N) is 1. The van der Waals surface area contributed by atoms with E-state index in [-0.39, 0.29) is 6.04 Å². The van der Waals surface area contributed by atoms with Gasteiger partial charge in [-0.2, -0.15) is 16.4 Å². The Morgan fingerprint density at radius 1 is 1.59 bits per heavy atom. The highest BCUT2D eigenvalue weighted by Gasteiger charge is 2.20. The Morgan fingerprint density at radius 2 is 2.41 bits per heavy atom. The molecule has 0 aliphatic rings. The molecule has 0 bridgehead atoms. The number of rotatable bonds is 5. The summed E-state index contributed by atoms with van der Waals surface area (Å²) in [5, 5.41) is 12.1. The summed E-state index contributed by atoms with van der Waals surface area (Å²) in [5.41, 5.74) is 2.49. The Bertz CT molecular complexity index is 464. The highest BCUT2D eigenvalue weighted by molar-refractivity contribution is 9.10. The van der Waals surface area contributed by atoms with Gasteiger partial charge in [0.15, 0.2) is 0 Å². The van der Waals surface area contributed by atoms with Crippen LogP contribution in [0.2, 0.25) is 0 Å². The molecule has 0 spiro atoms. The van der Waals surface area contributed by atoms with Crippen LogP contribution in [0.15, 0.2) is 27.5 Å². The summed E-state index contributed by atoms with van der Waals surface area (Å²) in [5.74, 6) is 0. The SMILES string of the molecule is CCCn1ncc(Br)c1C(NC)c1ccsc1. The van der Waals surface area contributed by atoms with E-state index in [2.05, 4.69) is 54.8 Å². The lowest BCUT2D eigenvalue weighted by atomic mass is 10.1. The maximum Gasteiger partial charge on any atom is 0.0765 e. The van der Waals surface area contributed by atoms with Crippen molar-refractivity contribution in [1.29, 1.82) is 0 Å². The van der Waals surface area contributed by atoms with Crippen molar-refractivity contribution in [2.24, 2.45) is 0 Å². The average molecular weight is 314 g/mol. The number of halogens is 1. The summed E-state index contributed by atoms with van der Waals surface area (Å²) in [6.07, 6.45) is 2.96. The minimum atomic E-state index is 0.199. The van der Waals surface area contributed by atoms with E-state index >= 15 is 0 Å². The van der Waals surface area contributed by atoms with Crippen molar-refractivity contribution < 1.29 is 0 Å². The molecule has 17 heavy (non-hydrogen) atoms. The fraction of sp³-hybridized carbons (Fsp3) is 0.417. The molecule has 2 aromatic rings. The molecule has 0 amide bonds. The molecule has 3 nitrogen and oxygen atoms in total. The maximum atomic E-state index is 4.42. The first-order valence-electron chi connectivity index (χ1n) is 5.68. The molecule has 0 radical (unpaired) electrons. The minimum Gasteiger partial charge on any atom is -0.308 e. The molecular formula is C12H16BrN3S. The fourth-order valence-electron chi connectivity index (χ4n) is 1.95. The first kappa shape index (κ1) is 12.8. The first-order valence-corrected chi connectivity index (χ1v) is 7.42. The van der Waals surface area contributed by atoms with E-state index in [0.29, 0.717) is 0 Å². The first-order chi connectivity index (χ1) is 8.27. The van der Waals surface area contributed by atoms with E-state index in [4.69, 9.17) is 0 Å². The van der Waals surface area contributed by atoms with Crippen LogP contribution in [-0.2, 0) is 6.54 Å². The van der Waals surface area contributed by atoms with Crippen LogP contribution in [0.4, 0.5) is 0 Å². The topological polar surface area (TPSA) is 29.9 Å². The molecule has 1 unspecified atom stereocenters.